The average molecular weight is 229 g/mol. The van der Waals surface area contributed by atoms with E-state index in [2.05, 4.69) is 4.74 Å². The van der Waals surface area contributed by atoms with E-state index >= 15 is 0 Å². The second-order valence-corrected chi connectivity index (χ2v) is 4.74. The van der Waals surface area contributed by atoms with Crippen LogP contribution in [0.4, 0.5) is 0 Å². The summed E-state index contributed by atoms with van der Waals surface area (Å²) in [6.07, 6.45) is -6.40. The average Bonchev–Trinajstić information content (AvgIpc) is 2.28. The van der Waals surface area contributed by atoms with Crippen LogP contribution in [0.5, 0.6) is 0 Å². The SMILES string of the molecule is NC(O)[C@H]1OC(P(=O)(O)O)[C@H](O)[C@@H]1O. The van der Waals surface area contributed by atoms with Gasteiger partial charge in [0.1, 0.15) is 24.5 Å². The number of ether oxygens (including phenoxy) is 1. The van der Waals surface area contributed by atoms with E-state index < -0.39 is 38.0 Å². The molecule has 0 aromatic heterocycles. The number of rotatable bonds is 2. The van der Waals surface area contributed by atoms with Crippen LogP contribution in [-0.4, -0.2) is 55.5 Å². The molecule has 1 saturated heterocycles. The van der Waals surface area contributed by atoms with Crippen molar-refractivity contribution in [1.29, 1.82) is 0 Å². The van der Waals surface area contributed by atoms with E-state index in [4.69, 9.17) is 20.6 Å². The van der Waals surface area contributed by atoms with E-state index in [1.165, 1.54) is 0 Å². The molecule has 0 bridgehead atoms. The molecular formula is C5H12NO7P. The van der Waals surface area contributed by atoms with Gasteiger partial charge >= 0.3 is 7.60 Å². The predicted molar refractivity (Wildman–Crippen MR) is 42.9 cm³/mol. The molecule has 1 rings (SSSR count). The van der Waals surface area contributed by atoms with Gasteiger partial charge in [-0.05, 0) is 0 Å². The normalized spacial score (nSPS) is 41.3. The summed E-state index contributed by atoms with van der Waals surface area (Å²) in [6, 6.07) is 0. The number of aliphatic hydroxyl groups excluding tert-OH is 3. The first-order valence-electron chi connectivity index (χ1n) is 3.75. The lowest BCUT2D eigenvalue weighted by Crippen LogP contribution is -2.43. The Morgan fingerprint density at radius 1 is 1.29 bits per heavy atom. The summed E-state index contributed by atoms with van der Waals surface area (Å²) in [5.41, 5.74) is 4.96. The molecule has 1 fully saturated rings. The molecule has 0 aliphatic carbocycles. The number of hydrogen-bond donors (Lipinski definition) is 6. The maximum absolute atomic E-state index is 10.7. The minimum Gasteiger partial charge on any atom is -0.387 e. The highest BCUT2D eigenvalue weighted by Crippen LogP contribution is 2.48. The van der Waals surface area contributed by atoms with Crippen LogP contribution in [0, 0.1) is 0 Å². The second-order valence-electron chi connectivity index (χ2n) is 3.05. The lowest BCUT2D eigenvalue weighted by Gasteiger charge is -2.16. The van der Waals surface area contributed by atoms with Crippen LogP contribution < -0.4 is 5.73 Å². The number of hydrogen-bond acceptors (Lipinski definition) is 6. The summed E-state index contributed by atoms with van der Waals surface area (Å²) in [7, 11) is -4.68. The Hall–Kier alpha value is -0.0500. The molecule has 0 radical (unpaired) electrons. The monoisotopic (exact) mass is 229 g/mol. The Morgan fingerprint density at radius 2 is 1.79 bits per heavy atom. The molecule has 84 valence electrons. The van der Waals surface area contributed by atoms with Crippen LogP contribution in [0.25, 0.3) is 0 Å². The second kappa shape index (κ2) is 3.84. The predicted octanol–water partition coefficient (Wildman–Crippen LogP) is -3.11. The Morgan fingerprint density at radius 3 is 2.00 bits per heavy atom. The van der Waals surface area contributed by atoms with Gasteiger partial charge in [0.25, 0.3) is 0 Å². The largest absolute Gasteiger partial charge is 0.387 e. The van der Waals surface area contributed by atoms with Crippen molar-refractivity contribution in [2.75, 3.05) is 0 Å². The molecule has 0 aromatic rings. The van der Waals surface area contributed by atoms with E-state index in [0.717, 1.165) is 0 Å². The minimum atomic E-state index is -4.68. The highest BCUT2D eigenvalue weighted by Gasteiger charge is 2.52. The molecule has 9 heteroatoms. The fraction of sp³-hybridized carbons (Fsp3) is 1.00. The van der Waals surface area contributed by atoms with Crippen LogP contribution in [0.15, 0.2) is 0 Å². The third-order valence-electron chi connectivity index (χ3n) is 1.94. The van der Waals surface area contributed by atoms with Crippen LogP contribution >= 0.6 is 7.60 Å². The fourth-order valence-corrected chi connectivity index (χ4v) is 2.12. The molecule has 0 amide bonds. The summed E-state index contributed by atoms with van der Waals surface area (Å²) in [5, 5.41) is 27.2. The molecule has 1 aliphatic rings. The summed E-state index contributed by atoms with van der Waals surface area (Å²) in [5.74, 6) is -1.85. The standard InChI is InChI=1S/C5H12NO7P/c6-4(9)3-1(7)2(8)5(13-3)14(10,11)12/h1-5,7-9H,6H2,(H2,10,11,12)/t1-,2+,3-,4?,5?/m0/s1. The van der Waals surface area contributed by atoms with Gasteiger partial charge in [-0.15, -0.1) is 0 Å². The van der Waals surface area contributed by atoms with Gasteiger partial charge in [-0.2, -0.15) is 0 Å². The van der Waals surface area contributed by atoms with Gasteiger partial charge in [0.05, 0.1) is 0 Å². The van der Waals surface area contributed by atoms with Gasteiger partial charge in [-0.1, -0.05) is 0 Å². The van der Waals surface area contributed by atoms with E-state index in [-0.39, 0.29) is 0 Å². The van der Waals surface area contributed by atoms with Crippen molar-refractivity contribution in [3.05, 3.63) is 0 Å². The Bertz CT molecular complexity index is 252. The summed E-state index contributed by atoms with van der Waals surface area (Å²) < 4.78 is 15.3. The quantitative estimate of drug-likeness (QED) is 0.215. The van der Waals surface area contributed by atoms with Crippen molar-refractivity contribution < 1.29 is 34.4 Å². The molecule has 1 aliphatic heterocycles. The van der Waals surface area contributed by atoms with Gasteiger partial charge in [0.2, 0.25) is 0 Å². The van der Waals surface area contributed by atoms with Gasteiger partial charge in [0, 0.05) is 0 Å². The third-order valence-corrected chi connectivity index (χ3v) is 3.03. The molecule has 2 unspecified atom stereocenters. The van der Waals surface area contributed by atoms with Crippen molar-refractivity contribution in [2.24, 2.45) is 5.73 Å². The van der Waals surface area contributed by atoms with E-state index in [1.807, 2.05) is 0 Å². The van der Waals surface area contributed by atoms with Gasteiger partial charge in [-0.25, -0.2) is 0 Å². The third kappa shape index (κ3) is 2.13. The van der Waals surface area contributed by atoms with Crippen molar-refractivity contribution in [2.45, 2.75) is 30.4 Å². The van der Waals surface area contributed by atoms with Crippen LogP contribution in [-0.2, 0) is 9.30 Å². The first-order chi connectivity index (χ1) is 6.25. The Balaban J connectivity index is 2.82. The molecular weight excluding hydrogens is 217 g/mol. The maximum Gasteiger partial charge on any atom is 0.356 e. The summed E-state index contributed by atoms with van der Waals surface area (Å²) in [4.78, 5) is 17.4. The van der Waals surface area contributed by atoms with Crippen LogP contribution in [0.2, 0.25) is 0 Å². The molecule has 7 N–H and O–H groups in total. The Labute approximate surface area is 79.1 Å². The molecule has 0 saturated carbocycles. The zero-order valence-electron chi connectivity index (χ0n) is 6.96. The fourth-order valence-electron chi connectivity index (χ4n) is 1.25. The van der Waals surface area contributed by atoms with Gasteiger partial charge in [0.15, 0.2) is 5.85 Å². The van der Waals surface area contributed by atoms with E-state index in [0.29, 0.717) is 0 Å². The van der Waals surface area contributed by atoms with Crippen molar-refractivity contribution in [3.8, 4) is 0 Å². The van der Waals surface area contributed by atoms with E-state index in [9.17, 15) is 14.8 Å². The maximum atomic E-state index is 10.7. The summed E-state index contributed by atoms with van der Waals surface area (Å²) in [6.45, 7) is 0. The topological polar surface area (TPSA) is 153 Å². The lowest BCUT2D eigenvalue weighted by atomic mass is 10.1. The smallest absolute Gasteiger partial charge is 0.356 e. The number of nitrogens with two attached hydrogens (primary N) is 1. The molecule has 5 atom stereocenters. The van der Waals surface area contributed by atoms with Crippen molar-refractivity contribution in [3.63, 3.8) is 0 Å². The highest BCUT2D eigenvalue weighted by molar-refractivity contribution is 7.52. The van der Waals surface area contributed by atoms with Crippen molar-refractivity contribution >= 4 is 7.60 Å². The van der Waals surface area contributed by atoms with Crippen LogP contribution in [0.3, 0.4) is 0 Å². The van der Waals surface area contributed by atoms with Gasteiger partial charge < -0.3 is 35.6 Å². The number of aliphatic hydroxyl groups is 3. The van der Waals surface area contributed by atoms with Gasteiger partial charge in [-0.3, -0.25) is 4.57 Å². The molecule has 14 heavy (non-hydrogen) atoms. The first kappa shape index (κ1) is 12.0. The molecule has 0 aromatic carbocycles. The molecule has 8 nitrogen and oxygen atoms in total. The summed E-state index contributed by atoms with van der Waals surface area (Å²) >= 11 is 0. The molecule has 1 heterocycles. The van der Waals surface area contributed by atoms with Crippen LogP contribution in [0.1, 0.15) is 0 Å². The first-order valence-corrected chi connectivity index (χ1v) is 5.43. The Kier molecular flexibility index (Phi) is 3.30. The lowest BCUT2D eigenvalue weighted by molar-refractivity contribution is -0.0536. The zero-order chi connectivity index (χ0) is 11.1. The zero-order valence-corrected chi connectivity index (χ0v) is 7.86. The van der Waals surface area contributed by atoms with E-state index in [1.54, 1.807) is 0 Å². The molecule has 0 spiro atoms. The minimum absolute atomic E-state index is 1.40. The highest BCUT2D eigenvalue weighted by atomic mass is 31.2. The van der Waals surface area contributed by atoms with Crippen molar-refractivity contribution in [1.82, 2.24) is 0 Å².